The normalized spacial score (nSPS) is 21.9. The zero-order chi connectivity index (χ0) is 20.6. The Morgan fingerprint density at radius 2 is 2.29 bits per heavy atom. The lowest BCUT2D eigenvalue weighted by Crippen LogP contribution is -2.41. The molecule has 2 rings (SSSR count). The van der Waals surface area contributed by atoms with Gasteiger partial charge in [0.15, 0.2) is 0 Å². The van der Waals surface area contributed by atoms with Crippen molar-refractivity contribution < 1.29 is 5.11 Å². The van der Waals surface area contributed by atoms with Crippen LogP contribution in [0.5, 0.6) is 0 Å². The zero-order valence-electron chi connectivity index (χ0n) is 16.8. The number of hydrogen-bond donors (Lipinski definition) is 3. The van der Waals surface area contributed by atoms with Gasteiger partial charge in [-0.2, -0.15) is 10.2 Å². The van der Waals surface area contributed by atoms with Crippen molar-refractivity contribution in [2.75, 3.05) is 24.2 Å². The van der Waals surface area contributed by atoms with E-state index in [4.69, 9.17) is 0 Å². The monoisotopic (exact) mass is 383 g/mol. The van der Waals surface area contributed by atoms with Crippen molar-refractivity contribution in [1.29, 1.82) is 5.26 Å². The number of nitrogens with one attached hydrogen (secondary N) is 2. The molecule has 150 valence electrons. The van der Waals surface area contributed by atoms with Gasteiger partial charge in [-0.25, -0.2) is 4.98 Å². The minimum atomic E-state index is -0.304. The number of aliphatic hydroxyl groups excluding tert-OH is 1. The van der Waals surface area contributed by atoms with Crippen LogP contribution in [0.1, 0.15) is 45.1 Å². The van der Waals surface area contributed by atoms with Crippen molar-refractivity contribution in [3.05, 3.63) is 23.5 Å². The van der Waals surface area contributed by atoms with E-state index in [1.54, 1.807) is 19.3 Å². The molecular formula is C20H29N7O. The Hall–Kier alpha value is -2.79. The molecule has 28 heavy (non-hydrogen) atoms. The standard InChI is InChI=1S/C20H29N7O/c1-20(2)11-16(5-6-17(20)28)26-18-14(12-21)13-25-19(27-18)24-10-8-15(23-4)7-9-22-3/h7,9,13,16-17,28H,4-6,8,10-11H2,1-3H3,(H2,24,25,26,27)/b15-7-,22-9-/t16-,17+/m1/s1. The zero-order valence-corrected chi connectivity index (χ0v) is 16.8. The van der Waals surface area contributed by atoms with Crippen LogP contribution in [0.3, 0.4) is 0 Å². The predicted octanol–water partition coefficient (Wildman–Crippen LogP) is 2.79. The fourth-order valence-corrected chi connectivity index (χ4v) is 3.28. The molecule has 1 heterocycles. The predicted molar refractivity (Wildman–Crippen MR) is 113 cm³/mol. The number of nitrogens with zero attached hydrogens (tertiary/aromatic N) is 5. The van der Waals surface area contributed by atoms with Crippen molar-refractivity contribution >= 4 is 24.7 Å². The summed E-state index contributed by atoms with van der Waals surface area (Å²) in [7, 11) is 1.70. The summed E-state index contributed by atoms with van der Waals surface area (Å²) >= 11 is 0. The Kier molecular flexibility index (Phi) is 7.64. The summed E-state index contributed by atoms with van der Waals surface area (Å²) in [6, 6.07) is 2.29. The van der Waals surface area contributed by atoms with E-state index in [0.717, 1.165) is 25.0 Å². The van der Waals surface area contributed by atoms with Gasteiger partial charge in [0.25, 0.3) is 0 Å². The van der Waals surface area contributed by atoms with Crippen molar-refractivity contribution in [2.24, 2.45) is 15.4 Å². The molecule has 1 saturated carbocycles. The largest absolute Gasteiger partial charge is 0.393 e. The number of aliphatic imine (C=N–C) groups is 2. The fraction of sp³-hybridized carbons (Fsp3) is 0.550. The fourth-order valence-electron chi connectivity index (χ4n) is 3.28. The number of aliphatic hydroxyl groups is 1. The second-order valence-electron chi connectivity index (χ2n) is 7.59. The highest BCUT2D eigenvalue weighted by Crippen LogP contribution is 2.36. The molecule has 0 aliphatic heterocycles. The molecule has 1 aromatic rings. The maximum absolute atomic E-state index is 10.1. The molecule has 0 unspecified atom stereocenters. The Balaban J connectivity index is 2.03. The number of allylic oxidation sites excluding steroid dienone is 1. The highest BCUT2D eigenvalue weighted by molar-refractivity contribution is 5.72. The summed E-state index contributed by atoms with van der Waals surface area (Å²) in [6.07, 6.45) is 7.72. The van der Waals surface area contributed by atoms with Crippen LogP contribution >= 0.6 is 0 Å². The molecule has 1 aliphatic carbocycles. The first kappa shape index (κ1) is 21.5. The van der Waals surface area contributed by atoms with Gasteiger partial charge < -0.3 is 15.7 Å². The lowest BCUT2D eigenvalue weighted by Gasteiger charge is -2.40. The van der Waals surface area contributed by atoms with Gasteiger partial charge in [0, 0.05) is 38.0 Å². The lowest BCUT2D eigenvalue weighted by atomic mass is 9.73. The molecule has 0 aromatic carbocycles. The first-order valence-corrected chi connectivity index (χ1v) is 9.43. The molecule has 0 radical (unpaired) electrons. The lowest BCUT2D eigenvalue weighted by molar-refractivity contribution is 0.00926. The number of hydrogen-bond acceptors (Lipinski definition) is 8. The summed E-state index contributed by atoms with van der Waals surface area (Å²) < 4.78 is 0. The molecule has 1 fully saturated rings. The quantitative estimate of drug-likeness (QED) is 0.594. The van der Waals surface area contributed by atoms with E-state index in [2.05, 4.69) is 57.2 Å². The second kappa shape index (κ2) is 9.95. The molecule has 0 saturated heterocycles. The van der Waals surface area contributed by atoms with Gasteiger partial charge in [0.05, 0.1) is 12.3 Å². The minimum absolute atomic E-state index is 0.154. The van der Waals surface area contributed by atoms with Crippen molar-refractivity contribution in [3.63, 3.8) is 0 Å². The molecular weight excluding hydrogens is 354 g/mol. The molecule has 0 amide bonds. The van der Waals surface area contributed by atoms with Crippen molar-refractivity contribution in [2.45, 2.75) is 51.7 Å². The summed E-state index contributed by atoms with van der Waals surface area (Å²) in [6.45, 7) is 8.26. The number of aromatic nitrogens is 2. The van der Waals surface area contributed by atoms with Gasteiger partial charge >= 0.3 is 0 Å². The third kappa shape index (κ3) is 5.86. The number of rotatable bonds is 8. The van der Waals surface area contributed by atoms with Crippen LogP contribution in [0.15, 0.2) is 28.0 Å². The first-order valence-electron chi connectivity index (χ1n) is 9.43. The maximum atomic E-state index is 10.1. The van der Waals surface area contributed by atoms with Gasteiger partial charge in [-0.05, 0) is 37.5 Å². The molecule has 2 atom stereocenters. The summed E-state index contributed by atoms with van der Waals surface area (Å²) in [5, 5.41) is 26.0. The minimum Gasteiger partial charge on any atom is -0.393 e. The van der Waals surface area contributed by atoms with E-state index >= 15 is 0 Å². The van der Waals surface area contributed by atoms with Crippen molar-refractivity contribution in [1.82, 2.24) is 9.97 Å². The van der Waals surface area contributed by atoms with Crippen LogP contribution in [0.25, 0.3) is 0 Å². The SMILES string of the molecule is C=N/C(=C\C=N/C)CCNc1ncc(C#N)c(N[C@@H]2CC[C@H](O)C(C)(C)C2)n1. The topological polar surface area (TPSA) is 119 Å². The molecule has 0 bridgehead atoms. The average molecular weight is 384 g/mol. The number of anilines is 2. The second-order valence-corrected chi connectivity index (χ2v) is 7.59. The van der Waals surface area contributed by atoms with Gasteiger partial charge in [0.1, 0.15) is 17.5 Å². The smallest absolute Gasteiger partial charge is 0.224 e. The van der Waals surface area contributed by atoms with Crippen LogP contribution in [0.2, 0.25) is 0 Å². The third-order valence-corrected chi connectivity index (χ3v) is 5.00. The summed E-state index contributed by atoms with van der Waals surface area (Å²) in [4.78, 5) is 16.6. The van der Waals surface area contributed by atoms with Crippen molar-refractivity contribution in [3.8, 4) is 6.07 Å². The molecule has 0 spiro atoms. The maximum Gasteiger partial charge on any atom is 0.224 e. The van der Waals surface area contributed by atoms with Gasteiger partial charge in [-0.15, -0.1) is 0 Å². The van der Waals surface area contributed by atoms with Crippen LogP contribution in [-0.4, -0.2) is 53.7 Å². The van der Waals surface area contributed by atoms with Crippen LogP contribution < -0.4 is 10.6 Å². The van der Waals surface area contributed by atoms with E-state index in [1.807, 2.05) is 0 Å². The molecule has 3 N–H and O–H groups in total. The number of nitriles is 1. The Morgan fingerprint density at radius 1 is 1.50 bits per heavy atom. The molecule has 8 heteroatoms. The molecule has 1 aliphatic rings. The molecule has 8 nitrogen and oxygen atoms in total. The summed E-state index contributed by atoms with van der Waals surface area (Å²) in [5.74, 6) is 0.970. The Bertz CT molecular complexity index is 779. The Morgan fingerprint density at radius 3 is 2.93 bits per heavy atom. The van der Waals surface area contributed by atoms with E-state index in [9.17, 15) is 10.4 Å². The Labute approximate surface area is 166 Å². The average Bonchev–Trinajstić information content (AvgIpc) is 2.67. The highest BCUT2D eigenvalue weighted by atomic mass is 16.3. The van der Waals surface area contributed by atoms with Gasteiger partial charge in [-0.1, -0.05) is 13.8 Å². The highest BCUT2D eigenvalue weighted by Gasteiger charge is 2.35. The summed E-state index contributed by atoms with van der Waals surface area (Å²) in [5.41, 5.74) is 1.05. The first-order chi connectivity index (χ1) is 13.4. The van der Waals surface area contributed by atoms with E-state index in [1.165, 1.54) is 6.20 Å². The third-order valence-electron chi connectivity index (χ3n) is 5.00. The van der Waals surface area contributed by atoms with Gasteiger partial charge in [0.2, 0.25) is 5.95 Å². The van der Waals surface area contributed by atoms with Crippen LogP contribution in [-0.2, 0) is 0 Å². The van der Waals surface area contributed by atoms with Gasteiger partial charge in [-0.3, -0.25) is 9.98 Å². The van der Waals surface area contributed by atoms with Crippen LogP contribution in [0.4, 0.5) is 11.8 Å². The molecule has 1 aromatic heterocycles. The van der Waals surface area contributed by atoms with E-state index < -0.39 is 0 Å². The van der Waals surface area contributed by atoms with Crippen LogP contribution in [0, 0.1) is 16.7 Å². The van der Waals surface area contributed by atoms with E-state index in [0.29, 0.717) is 30.3 Å². The van der Waals surface area contributed by atoms with E-state index in [-0.39, 0.29) is 17.6 Å².